The zero-order chi connectivity index (χ0) is 20.1. The van der Waals surface area contributed by atoms with Gasteiger partial charge in [-0.25, -0.2) is 17.8 Å². The molecule has 1 aromatic carbocycles. The number of ether oxygens (including phenoxy) is 1. The molecule has 0 bridgehead atoms. The zero-order valence-electron chi connectivity index (χ0n) is 15.4. The topological polar surface area (TPSA) is 93.1 Å². The number of pyridine rings is 1. The maximum absolute atomic E-state index is 13.2. The molecule has 0 spiro atoms. The number of aromatic amines is 1. The first kappa shape index (κ1) is 20.2. The number of nitrogens with zero attached hydrogens (tertiary/aromatic N) is 2. The van der Waals surface area contributed by atoms with Crippen molar-refractivity contribution in [2.75, 3.05) is 50.1 Å². The van der Waals surface area contributed by atoms with Crippen LogP contribution in [0.4, 0.5) is 15.9 Å². The summed E-state index contributed by atoms with van der Waals surface area (Å²) in [5.74, 6) is -0.196. The maximum Gasteiger partial charge on any atom is 0.274 e. The minimum Gasteiger partial charge on any atom is -0.379 e. The lowest BCUT2D eigenvalue weighted by Crippen LogP contribution is -2.41. The summed E-state index contributed by atoms with van der Waals surface area (Å²) in [5, 5.41) is 2.61. The number of halogens is 1. The summed E-state index contributed by atoms with van der Waals surface area (Å²) in [6.45, 7) is 1.41. The number of benzene rings is 1. The van der Waals surface area contributed by atoms with Gasteiger partial charge in [0.15, 0.2) is 6.54 Å². The van der Waals surface area contributed by atoms with Gasteiger partial charge in [-0.2, -0.15) is 4.31 Å². The van der Waals surface area contributed by atoms with Gasteiger partial charge in [-0.15, -0.1) is 0 Å². The fraction of sp³-hybridized carbons (Fsp3) is 0.333. The molecule has 2 N–H and O–H groups in total. The summed E-state index contributed by atoms with van der Waals surface area (Å²) in [5.41, 5.74) is 0.370. The molecule has 1 aliphatic rings. The van der Waals surface area contributed by atoms with E-state index in [4.69, 9.17) is 4.74 Å². The third kappa shape index (κ3) is 4.83. The molecule has 2 aromatic rings. The van der Waals surface area contributed by atoms with Crippen LogP contribution >= 0.6 is 0 Å². The largest absolute Gasteiger partial charge is 0.379 e. The van der Waals surface area contributed by atoms with E-state index in [1.165, 1.54) is 34.8 Å². The second kappa shape index (κ2) is 8.63. The Morgan fingerprint density at radius 3 is 2.68 bits per heavy atom. The number of amides is 1. The molecule has 0 aliphatic carbocycles. The summed E-state index contributed by atoms with van der Waals surface area (Å²) in [7, 11) is -1.90. The summed E-state index contributed by atoms with van der Waals surface area (Å²) in [6.07, 6.45) is 1.40. The van der Waals surface area contributed by atoms with Crippen molar-refractivity contribution in [3.8, 4) is 0 Å². The normalized spacial score (nSPS) is 15.2. The van der Waals surface area contributed by atoms with Crippen molar-refractivity contribution in [2.45, 2.75) is 4.90 Å². The smallest absolute Gasteiger partial charge is 0.274 e. The molecule has 3 rings (SSSR count). The number of likely N-dealkylation sites (N-methyl/N-ethyl adjacent to an activating group) is 1. The Labute approximate surface area is 163 Å². The number of anilines is 2. The Bertz CT molecular complexity index is 931. The predicted octanol–water partition coefficient (Wildman–Crippen LogP) is 0.736. The van der Waals surface area contributed by atoms with Crippen LogP contribution in [0, 0.1) is 5.82 Å². The molecular weight excluding hydrogens is 387 g/mol. The maximum atomic E-state index is 13.2. The quantitative estimate of drug-likeness (QED) is 0.760. The first-order valence-corrected chi connectivity index (χ1v) is 10.2. The van der Waals surface area contributed by atoms with E-state index in [0.717, 1.165) is 0 Å². The standard InChI is InChI=1S/C18H21FN4O4S/c1-22(13-18(24)21-15-4-2-3-14(19)11-15)17-6-5-16(12-20-17)28(25,26)23-7-9-27-10-8-23/h2-6,11-12H,7-10,13H2,1H3,(H,21,24)/p+1. The van der Waals surface area contributed by atoms with Crippen molar-refractivity contribution in [1.29, 1.82) is 0 Å². The number of morpholine rings is 1. The van der Waals surface area contributed by atoms with Crippen LogP contribution < -0.4 is 15.2 Å². The minimum atomic E-state index is -3.58. The van der Waals surface area contributed by atoms with Crippen molar-refractivity contribution in [3.63, 3.8) is 0 Å². The van der Waals surface area contributed by atoms with Crippen molar-refractivity contribution in [3.05, 3.63) is 48.4 Å². The fourth-order valence-corrected chi connectivity index (χ4v) is 4.18. The summed E-state index contributed by atoms with van der Waals surface area (Å²) in [4.78, 5) is 16.8. The van der Waals surface area contributed by atoms with Gasteiger partial charge in [0.25, 0.3) is 11.7 Å². The lowest BCUT2D eigenvalue weighted by atomic mass is 10.3. The van der Waals surface area contributed by atoms with Crippen LogP contribution in [0.1, 0.15) is 0 Å². The average Bonchev–Trinajstić information content (AvgIpc) is 2.68. The van der Waals surface area contributed by atoms with Gasteiger partial charge in [0, 0.05) is 24.8 Å². The predicted molar refractivity (Wildman–Crippen MR) is 101 cm³/mol. The number of H-pyrrole nitrogens is 1. The molecule has 1 aromatic heterocycles. The zero-order valence-corrected chi connectivity index (χ0v) is 16.2. The second-order valence-corrected chi connectivity index (χ2v) is 8.28. The Balaban J connectivity index is 1.63. The van der Waals surface area contributed by atoms with Crippen molar-refractivity contribution < 1.29 is 27.3 Å². The van der Waals surface area contributed by atoms with E-state index < -0.39 is 15.8 Å². The van der Waals surface area contributed by atoms with Crippen LogP contribution in [0.15, 0.2) is 47.5 Å². The number of aromatic nitrogens is 1. The number of hydrogen-bond acceptors (Lipinski definition) is 5. The summed E-state index contributed by atoms with van der Waals surface area (Å²) in [6, 6.07) is 8.73. The first-order chi connectivity index (χ1) is 13.4. The third-order valence-electron chi connectivity index (χ3n) is 4.28. The minimum absolute atomic E-state index is 0.00255. The van der Waals surface area contributed by atoms with Crippen LogP contribution in [0.25, 0.3) is 0 Å². The van der Waals surface area contributed by atoms with E-state index in [0.29, 0.717) is 37.8 Å². The lowest BCUT2D eigenvalue weighted by Gasteiger charge is -2.25. The van der Waals surface area contributed by atoms with E-state index in [-0.39, 0.29) is 17.3 Å². The Morgan fingerprint density at radius 1 is 1.29 bits per heavy atom. The fourth-order valence-electron chi connectivity index (χ4n) is 2.80. The van der Waals surface area contributed by atoms with Gasteiger partial charge in [-0.1, -0.05) is 6.07 Å². The number of carbonyl (C=O) groups excluding carboxylic acids is 1. The summed E-state index contributed by atoms with van der Waals surface area (Å²) >= 11 is 0. The molecule has 2 heterocycles. The van der Waals surface area contributed by atoms with E-state index in [2.05, 4.69) is 10.3 Å². The van der Waals surface area contributed by atoms with Crippen molar-refractivity contribution in [1.82, 2.24) is 4.31 Å². The van der Waals surface area contributed by atoms with Crippen LogP contribution in [0.3, 0.4) is 0 Å². The lowest BCUT2D eigenvalue weighted by molar-refractivity contribution is -0.366. The second-order valence-electron chi connectivity index (χ2n) is 6.34. The summed E-state index contributed by atoms with van der Waals surface area (Å²) < 4.78 is 45.0. The van der Waals surface area contributed by atoms with Gasteiger partial charge in [-0.3, -0.25) is 9.69 Å². The van der Waals surface area contributed by atoms with Crippen molar-refractivity contribution >= 4 is 27.4 Å². The van der Waals surface area contributed by atoms with Gasteiger partial charge in [0.05, 0.1) is 20.3 Å². The highest BCUT2D eigenvalue weighted by molar-refractivity contribution is 7.89. The molecule has 1 aliphatic heterocycles. The van der Waals surface area contributed by atoms with Crippen LogP contribution in [0.2, 0.25) is 0 Å². The molecular formula is C18H22FN4O4S+. The molecule has 0 radical (unpaired) electrons. The monoisotopic (exact) mass is 409 g/mol. The molecule has 1 fully saturated rings. The molecule has 150 valence electrons. The number of rotatable bonds is 6. The third-order valence-corrected chi connectivity index (χ3v) is 6.17. The SMILES string of the molecule is CN(CC(=O)Nc1cccc(F)c1)c1ccc(S(=O)(=O)N2CCOCC2)c[nH+]1. The molecule has 0 unspecified atom stereocenters. The molecule has 28 heavy (non-hydrogen) atoms. The van der Waals surface area contributed by atoms with Gasteiger partial charge >= 0.3 is 0 Å². The highest BCUT2D eigenvalue weighted by atomic mass is 32.2. The van der Waals surface area contributed by atoms with E-state index in [9.17, 15) is 17.6 Å². The molecule has 0 atom stereocenters. The molecule has 1 saturated heterocycles. The highest BCUT2D eigenvalue weighted by Crippen LogP contribution is 2.17. The highest BCUT2D eigenvalue weighted by Gasteiger charge is 2.27. The van der Waals surface area contributed by atoms with Crippen LogP contribution in [-0.4, -0.2) is 58.5 Å². The Morgan fingerprint density at radius 2 is 2.04 bits per heavy atom. The van der Waals surface area contributed by atoms with Gasteiger partial charge in [0.1, 0.15) is 16.9 Å². The van der Waals surface area contributed by atoms with E-state index in [1.807, 2.05) is 0 Å². The average molecular weight is 409 g/mol. The Hall–Kier alpha value is -2.56. The van der Waals surface area contributed by atoms with E-state index in [1.54, 1.807) is 24.1 Å². The van der Waals surface area contributed by atoms with Gasteiger partial charge in [-0.05, 0) is 24.3 Å². The van der Waals surface area contributed by atoms with Crippen LogP contribution in [-0.2, 0) is 19.6 Å². The number of nitrogens with one attached hydrogen (secondary N) is 2. The number of carbonyl (C=O) groups is 1. The van der Waals surface area contributed by atoms with Gasteiger partial charge in [0.2, 0.25) is 10.0 Å². The Kier molecular flexibility index (Phi) is 6.22. The van der Waals surface area contributed by atoms with Crippen molar-refractivity contribution in [2.24, 2.45) is 0 Å². The molecule has 8 nitrogen and oxygen atoms in total. The molecule has 10 heteroatoms. The first-order valence-electron chi connectivity index (χ1n) is 8.72. The van der Waals surface area contributed by atoms with E-state index >= 15 is 0 Å². The van der Waals surface area contributed by atoms with Gasteiger partial charge < -0.3 is 10.1 Å². The molecule has 1 amide bonds. The number of hydrogen-bond donors (Lipinski definition) is 1. The molecule has 0 saturated carbocycles. The number of sulfonamides is 1. The van der Waals surface area contributed by atoms with Crippen LogP contribution in [0.5, 0.6) is 0 Å².